The van der Waals surface area contributed by atoms with E-state index in [0.717, 1.165) is 38.5 Å². The molecule has 0 spiro atoms. The van der Waals surface area contributed by atoms with Crippen molar-refractivity contribution in [3.05, 3.63) is 85.1 Å². The summed E-state index contributed by atoms with van der Waals surface area (Å²) < 4.78 is 32.5. The van der Waals surface area contributed by atoms with Crippen LogP contribution in [0.1, 0.15) is 149 Å². The number of carboxylic acids is 1. The summed E-state index contributed by atoms with van der Waals surface area (Å²) in [5.74, 6) is -2.68. The standard InChI is InChI=1S/C46H76NO11P/c1-3-5-7-9-11-13-15-17-18-19-20-22-24-26-28-30-32-36-45(50)58-42(39-56-59(53,54)57-40-43(47)46(51)52)38-55-44(49)37-33-35-41(48)34-31-29-27-25-23-21-16-14-12-10-8-6-4-2/h12,14,17-18,20-23,26-29,31,34,41-43,48H,3-11,13,15-16,19,24-25,30,32-33,35-40,47H2,1-2H3,(H,51,52)(H,53,54)/b14-12-,18-17-,22-20-,23-21-,28-26-,29-27-,34-31+/t41-,42-,43+/m1/s1. The van der Waals surface area contributed by atoms with Crippen molar-refractivity contribution < 1.29 is 52.6 Å². The van der Waals surface area contributed by atoms with Crippen molar-refractivity contribution in [3.8, 4) is 0 Å². The smallest absolute Gasteiger partial charge is 0.472 e. The number of carbonyl (C=O) groups is 3. The third kappa shape index (κ3) is 39.8. The van der Waals surface area contributed by atoms with Crippen molar-refractivity contribution in [1.29, 1.82) is 0 Å². The molecule has 0 aromatic carbocycles. The molecule has 0 fully saturated rings. The molecule has 12 nitrogen and oxygen atoms in total. The van der Waals surface area contributed by atoms with Crippen LogP contribution >= 0.6 is 7.82 Å². The first kappa shape index (κ1) is 55.6. The zero-order chi connectivity index (χ0) is 43.7. The molecule has 0 saturated carbocycles. The van der Waals surface area contributed by atoms with Gasteiger partial charge in [-0.05, 0) is 77.0 Å². The number of nitrogens with two attached hydrogens (primary N) is 1. The average Bonchev–Trinajstić information content (AvgIpc) is 3.20. The fourth-order valence-electron chi connectivity index (χ4n) is 5.24. The summed E-state index contributed by atoms with van der Waals surface area (Å²) in [5, 5.41) is 19.1. The Morgan fingerprint density at radius 2 is 1.10 bits per heavy atom. The van der Waals surface area contributed by atoms with Crippen LogP contribution in [0.3, 0.4) is 0 Å². The van der Waals surface area contributed by atoms with E-state index in [1.165, 1.54) is 57.8 Å². The predicted octanol–water partition coefficient (Wildman–Crippen LogP) is 10.5. The first-order valence-corrected chi connectivity index (χ1v) is 23.2. The van der Waals surface area contributed by atoms with Crippen LogP contribution in [0.5, 0.6) is 0 Å². The average molecular weight is 850 g/mol. The lowest BCUT2D eigenvalue weighted by Crippen LogP contribution is -2.34. The molecule has 5 N–H and O–H groups in total. The molecule has 0 saturated heterocycles. The maximum absolute atomic E-state index is 12.6. The van der Waals surface area contributed by atoms with Crippen LogP contribution in [0.15, 0.2) is 85.1 Å². The van der Waals surface area contributed by atoms with Gasteiger partial charge in [0, 0.05) is 12.8 Å². The number of ether oxygens (including phenoxy) is 2. The van der Waals surface area contributed by atoms with Crippen LogP contribution in [0.4, 0.5) is 0 Å². The van der Waals surface area contributed by atoms with Gasteiger partial charge in [0.25, 0.3) is 0 Å². The van der Waals surface area contributed by atoms with E-state index < -0.39 is 63.8 Å². The second-order valence-corrected chi connectivity index (χ2v) is 15.8. The molecule has 0 bridgehead atoms. The number of aliphatic hydroxyl groups excluding tert-OH is 1. The Labute approximate surface area is 355 Å². The van der Waals surface area contributed by atoms with Crippen molar-refractivity contribution in [1.82, 2.24) is 0 Å². The number of phosphoric ester groups is 1. The predicted molar refractivity (Wildman–Crippen MR) is 236 cm³/mol. The Hall–Kier alpha value is -3.38. The van der Waals surface area contributed by atoms with Gasteiger partial charge in [-0.25, -0.2) is 4.57 Å². The van der Waals surface area contributed by atoms with E-state index in [0.29, 0.717) is 25.7 Å². The number of carbonyl (C=O) groups excluding carboxylic acids is 2. The normalized spacial score (nSPS) is 15.1. The summed E-state index contributed by atoms with van der Waals surface area (Å²) in [6.07, 6.45) is 45.5. The summed E-state index contributed by atoms with van der Waals surface area (Å²) in [5.41, 5.74) is 5.32. The van der Waals surface area contributed by atoms with E-state index >= 15 is 0 Å². The van der Waals surface area contributed by atoms with Crippen molar-refractivity contribution >= 4 is 25.7 Å². The number of rotatable bonds is 39. The highest BCUT2D eigenvalue weighted by molar-refractivity contribution is 7.47. The van der Waals surface area contributed by atoms with Crippen LogP contribution in [0.2, 0.25) is 0 Å². The van der Waals surface area contributed by atoms with Crippen molar-refractivity contribution in [2.45, 2.75) is 167 Å². The quantitative estimate of drug-likeness (QED) is 0.0151. The lowest BCUT2D eigenvalue weighted by molar-refractivity contribution is -0.161. The molecular formula is C46H76NO11P. The Morgan fingerprint density at radius 1 is 0.610 bits per heavy atom. The molecule has 0 radical (unpaired) electrons. The SMILES string of the molecule is CCCCC/C=C\C/C=C\C/C=C\C=C\[C@@H](O)CCCC(=O)OC[C@H](COP(=O)(O)OC[C@H](N)C(=O)O)OC(=O)CCC/C=C\C/C=C\C/C=C\CCCCCCCC. The first-order chi connectivity index (χ1) is 28.5. The maximum atomic E-state index is 12.6. The van der Waals surface area contributed by atoms with Gasteiger partial charge in [0.2, 0.25) is 0 Å². The fourth-order valence-corrected chi connectivity index (χ4v) is 6.02. The molecule has 0 aromatic heterocycles. The van der Waals surface area contributed by atoms with E-state index in [1.54, 1.807) is 12.2 Å². The number of esters is 2. The molecule has 0 aromatic rings. The Kier molecular flexibility index (Phi) is 37.8. The number of aliphatic carboxylic acids is 1. The Balaban J connectivity index is 4.66. The summed E-state index contributed by atoms with van der Waals surface area (Å²) in [6.45, 7) is 2.50. The molecule has 0 aliphatic rings. The minimum atomic E-state index is -4.78. The highest BCUT2D eigenvalue weighted by atomic mass is 31.2. The number of hydrogen-bond donors (Lipinski definition) is 4. The van der Waals surface area contributed by atoms with Gasteiger partial charge in [-0.2, -0.15) is 0 Å². The van der Waals surface area contributed by atoms with Crippen molar-refractivity contribution in [2.24, 2.45) is 5.73 Å². The van der Waals surface area contributed by atoms with Crippen LogP contribution in [-0.4, -0.2) is 71.1 Å². The number of carboxylic acid groups (broad SMARTS) is 1. The van der Waals surface area contributed by atoms with Gasteiger partial charge in [0.15, 0.2) is 6.10 Å². The van der Waals surface area contributed by atoms with Crippen molar-refractivity contribution in [3.63, 3.8) is 0 Å². The second kappa shape index (κ2) is 40.0. The largest absolute Gasteiger partial charge is 0.480 e. The molecule has 4 atom stereocenters. The summed E-state index contributed by atoms with van der Waals surface area (Å²) in [6, 6.07) is -1.56. The van der Waals surface area contributed by atoms with Crippen LogP contribution in [0, 0.1) is 0 Å². The van der Waals surface area contributed by atoms with Gasteiger partial charge < -0.3 is 30.3 Å². The summed E-state index contributed by atoms with van der Waals surface area (Å²) in [4.78, 5) is 45.9. The number of aliphatic hydroxyl groups is 1. The lowest BCUT2D eigenvalue weighted by Gasteiger charge is -2.20. The molecule has 336 valence electrons. The van der Waals surface area contributed by atoms with E-state index in [2.05, 4.69) is 67.0 Å². The van der Waals surface area contributed by atoms with E-state index in [4.69, 9.17) is 24.8 Å². The van der Waals surface area contributed by atoms with Gasteiger partial charge in [0.05, 0.1) is 19.3 Å². The molecule has 0 aliphatic carbocycles. The number of hydrogen-bond acceptors (Lipinski definition) is 10. The van der Waals surface area contributed by atoms with Gasteiger partial charge in [-0.3, -0.25) is 23.4 Å². The molecule has 1 unspecified atom stereocenters. The highest BCUT2D eigenvalue weighted by Gasteiger charge is 2.28. The topological polar surface area (TPSA) is 192 Å². The molecule has 0 heterocycles. The van der Waals surface area contributed by atoms with Crippen LogP contribution in [0.25, 0.3) is 0 Å². The highest BCUT2D eigenvalue weighted by Crippen LogP contribution is 2.43. The fraction of sp³-hybridized carbons (Fsp3) is 0.630. The summed E-state index contributed by atoms with van der Waals surface area (Å²) in [7, 11) is -4.78. The first-order valence-electron chi connectivity index (χ1n) is 21.7. The number of unbranched alkanes of at least 4 members (excludes halogenated alkanes) is 10. The molecule has 59 heavy (non-hydrogen) atoms. The van der Waals surface area contributed by atoms with Gasteiger partial charge in [0.1, 0.15) is 12.6 Å². The molecule has 13 heteroatoms. The molecule has 0 amide bonds. The molecular weight excluding hydrogens is 773 g/mol. The molecule has 0 aliphatic heterocycles. The molecule has 0 rings (SSSR count). The second-order valence-electron chi connectivity index (χ2n) is 14.3. The zero-order valence-corrected chi connectivity index (χ0v) is 36.8. The third-order valence-corrected chi connectivity index (χ3v) is 9.67. The van der Waals surface area contributed by atoms with E-state index in [1.807, 2.05) is 24.3 Å². The number of phosphoric acid groups is 1. The summed E-state index contributed by atoms with van der Waals surface area (Å²) >= 11 is 0. The third-order valence-electron chi connectivity index (χ3n) is 8.72. The lowest BCUT2D eigenvalue weighted by atomic mass is 10.1. The van der Waals surface area contributed by atoms with E-state index in [9.17, 15) is 28.9 Å². The minimum Gasteiger partial charge on any atom is -0.480 e. The van der Waals surface area contributed by atoms with E-state index in [-0.39, 0.29) is 12.8 Å². The van der Waals surface area contributed by atoms with Gasteiger partial charge in [-0.1, -0.05) is 144 Å². The van der Waals surface area contributed by atoms with Gasteiger partial charge in [-0.15, -0.1) is 0 Å². The Morgan fingerprint density at radius 3 is 1.71 bits per heavy atom. The van der Waals surface area contributed by atoms with Crippen molar-refractivity contribution in [2.75, 3.05) is 19.8 Å². The minimum absolute atomic E-state index is 0.0216. The number of allylic oxidation sites excluding steroid dienone is 13. The van der Waals surface area contributed by atoms with Crippen LogP contribution < -0.4 is 5.73 Å². The van der Waals surface area contributed by atoms with Gasteiger partial charge >= 0.3 is 25.7 Å². The Bertz CT molecular complexity index is 1340. The monoisotopic (exact) mass is 850 g/mol. The maximum Gasteiger partial charge on any atom is 0.472 e. The zero-order valence-electron chi connectivity index (χ0n) is 35.9. The van der Waals surface area contributed by atoms with Crippen LogP contribution in [-0.2, 0) is 37.5 Å².